The highest BCUT2D eigenvalue weighted by molar-refractivity contribution is 9.10. The van der Waals surface area contributed by atoms with E-state index in [1.54, 1.807) is 6.20 Å². The molecule has 0 unspecified atom stereocenters. The number of nitrogens with zero attached hydrogens (tertiary/aromatic N) is 1. The Morgan fingerprint density at radius 2 is 1.88 bits per heavy atom. The second kappa shape index (κ2) is 5.25. The van der Waals surface area contributed by atoms with E-state index in [9.17, 15) is 0 Å². The quantitative estimate of drug-likeness (QED) is 0.855. The van der Waals surface area contributed by atoms with Crippen LogP contribution in [0.1, 0.15) is 5.56 Å². The molecule has 3 N–H and O–H groups in total. The zero-order valence-electron chi connectivity index (χ0n) is 8.85. The minimum absolute atomic E-state index is 0.354. The number of hydrogen-bond donors (Lipinski definition) is 2. The van der Waals surface area contributed by atoms with Crippen LogP contribution in [0.15, 0.2) is 47.1 Å². The van der Waals surface area contributed by atoms with E-state index in [-0.39, 0.29) is 0 Å². The number of halogens is 1. The van der Waals surface area contributed by atoms with Crippen molar-refractivity contribution in [1.29, 1.82) is 0 Å². The minimum atomic E-state index is 0.354. The molecule has 1 aromatic carbocycles. The van der Waals surface area contributed by atoms with Crippen molar-refractivity contribution in [3.63, 3.8) is 0 Å². The third kappa shape index (κ3) is 3.25. The zero-order chi connectivity index (χ0) is 12.3. The van der Waals surface area contributed by atoms with Crippen LogP contribution in [0.5, 0.6) is 0 Å². The second-order valence-corrected chi connectivity index (χ2v) is 4.78. The molecule has 0 atom stereocenters. The van der Waals surface area contributed by atoms with Gasteiger partial charge in [-0.05, 0) is 36.4 Å². The predicted molar refractivity (Wildman–Crippen MR) is 77.5 cm³/mol. The first kappa shape index (κ1) is 12.0. The summed E-state index contributed by atoms with van der Waals surface area (Å²) in [6, 6.07) is 11.5. The molecule has 86 valence electrons. The SMILES string of the molecule is NC(=S)c1ccc(Nc2ccc(Br)cc2)nc1. The van der Waals surface area contributed by atoms with Crippen LogP contribution in [-0.2, 0) is 0 Å². The Morgan fingerprint density at radius 3 is 2.41 bits per heavy atom. The van der Waals surface area contributed by atoms with Crippen LogP contribution in [-0.4, -0.2) is 9.97 Å². The van der Waals surface area contributed by atoms with E-state index >= 15 is 0 Å². The Balaban J connectivity index is 2.13. The molecular formula is C12H10BrN3S. The van der Waals surface area contributed by atoms with E-state index < -0.39 is 0 Å². The summed E-state index contributed by atoms with van der Waals surface area (Å²) >= 11 is 8.25. The fourth-order valence-corrected chi connectivity index (χ4v) is 1.68. The molecule has 0 bridgehead atoms. The molecule has 0 fully saturated rings. The van der Waals surface area contributed by atoms with Crippen molar-refractivity contribution in [2.45, 2.75) is 0 Å². The lowest BCUT2D eigenvalue weighted by Gasteiger charge is -2.06. The summed E-state index contributed by atoms with van der Waals surface area (Å²) in [5, 5.41) is 3.18. The molecular weight excluding hydrogens is 298 g/mol. The van der Waals surface area contributed by atoms with Crippen LogP contribution < -0.4 is 11.1 Å². The van der Waals surface area contributed by atoms with Gasteiger partial charge in [-0.15, -0.1) is 0 Å². The molecule has 0 saturated carbocycles. The lowest BCUT2D eigenvalue weighted by molar-refractivity contribution is 1.30. The molecule has 5 heteroatoms. The number of thiocarbonyl (C=S) groups is 1. The van der Waals surface area contributed by atoms with E-state index in [4.69, 9.17) is 18.0 Å². The number of nitrogens with one attached hydrogen (secondary N) is 1. The molecule has 2 aromatic rings. The number of anilines is 2. The van der Waals surface area contributed by atoms with E-state index in [1.807, 2.05) is 36.4 Å². The van der Waals surface area contributed by atoms with Crippen LogP contribution in [0, 0.1) is 0 Å². The molecule has 0 saturated heterocycles. The van der Waals surface area contributed by atoms with Gasteiger partial charge in [0.05, 0.1) is 0 Å². The highest BCUT2D eigenvalue weighted by Crippen LogP contribution is 2.17. The van der Waals surface area contributed by atoms with Gasteiger partial charge < -0.3 is 11.1 Å². The number of pyridine rings is 1. The van der Waals surface area contributed by atoms with Gasteiger partial charge in [-0.3, -0.25) is 0 Å². The van der Waals surface area contributed by atoms with Crippen molar-refractivity contribution < 1.29 is 0 Å². The van der Waals surface area contributed by atoms with E-state index in [0.717, 1.165) is 21.5 Å². The summed E-state index contributed by atoms with van der Waals surface area (Å²) < 4.78 is 1.04. The summed E-state index contributed by atoms with van der Waals surface area (Å²) in [4.78, 5) is 4.58. The van der Waals surface area contributed by atoms with Gasteiger partial charge in [-0.25, -0.2) is 4.98 Å². The lowest BCUT2D eigenvalue weighted by atomic mass is 10.3. The summed E-state index contributed by atoms with van der Waals surface area (Å²) in [7, 11) is 0. The van der Waals surface area contributed by atoms with Crippen molar-refractivity contribution >= 4 is 44.6 Å². The highest BCUT2D eigenvalue weighted by Gasteiger charge is 1.98. The van der Waals surface area contributed by atoms with Gasteiger partial charge in [0.1, 0.15) is 10.8 Å². The first-order valence-electron chi connectivity index (χ1n) is 4.93. The predicted octanol–water partition coefficient (Wildman–Crippen LogP) is 3.22. The van der Waals surface area contributed by atoms with Gasteiger partial charge in [0.2, 0.25) is 0 Å². The normalized spacial score (nSPS) is 9.94. The molecule has 1 heterocycles. The maximum absolute atomic E-state index is 5.50. The highest BCUT2D eigenvalue weighted by atomic mass is 79.9. The zero-order valence-corrected chi connectivity index (χ0v) is 11.3. The van der Waals surface area contributed by atoms with Gasteiger partial charge in [0.15, 0.2) is 0 Å². The number of rotatable bonds is 3. The maximum atomic E-state index is 5.50. The van der Waals surface area contributed by atoms with Gasteiger partial charge >= 0.3 is 0 Å². The Morgan fingerprint density at radius 1 is 1.18 bits per heavy atom. The second-order valence-electron chi connectivity index (χ2n) is 3.43. The molecule has 0 aliphatic carbocycles. The number of nitrogens with two attached hydrogens (primary N) is 1. The Hall–Kier alpha value is -1.46. The van der Waals surface area contributed by atoms with Crippen molar-refractivity contribution in [1.82, 2.24) is 4.98 Å². The van der Waals surface area contributed by atoms with Crippen LogP contribution in [0.2, 0.25) is 0 Å². The van der Waals surface area contributed by atoms with Crippen LogP contribution >= 0.6 is 28.1 Å². The average molecular weight is 308 g/mol. The summed E-state index contributed by atoms with van der Waals surface area (Å²) in [5.41, 5.74) is 7.24. The third-order valence-electron chi connectivity index (χ3n) is 2.16. The van der Waals surface area contributed by atoms with Gasteiger partial charge in [0.25, 0.3) is 0 Å². The summed E-state index contributed by atoms with van der Waals surface area (Å²) in [6.45, 7) is 0. The van der Waals surface area contributed by atoms with E-state index in [2.05, 4.69) is 26.2 Å². The first-order chi connectivity index (χ1) is 8.15. The van der Waals surface area contributed by atoms with Crippen LogP contribution in [0.4, 0.5) is 11.5 Å². The van der Waals surface area contributed by atoms with E-state index in [0.29, 0.717) is 4.99 Å². The number of aromatic nitrogens is 1. The number of hydrogen-bond acceptors (Lipinski definition) is 3. The summed E-state index contributed by atoms with van der Waals surface area (Å²) in [6.07, 6.45) is 1.66. The summed E-state index contributed by atoms with van der Waals surface area (Å²) in [5.74, 6) is 0.757. The Kier molecular flexibility index (Phi) is 3.71. The molecule has 0 spiro atoms. The Labute approximate surface area is 113 Å². The van der Waals surface area contributed by atoms with Crippen molar-refractivity contribution in [2.75, 3.05) is 5.32 Å². The fraction of sp³-hybridized carbons (Fsp3) is 0. The smallest absolute Gasteiger partial charge is 0.130 e. The van der Waals surface area contributed by atoms with Gasteiger partial charge in [-0.2, -0.15) is 0 Å². The van der Waals surface area contributed by atoms with Crippen molar-refractivity contribution in [2.24, 2.45) is 5.73 Å². The third-order valence-corrected chi connectivity index (χ3v) is 2.93. The average Bonchev–Trinajstić information content (AvgIpc) is 2.33. The van der Waals surface area contributed by atoms with E-state index in [1.165, 1.54) is 0 Å². The molecule has 2 rings (SSSR count). The minimum Gasteiger partial charge on any atom is -0.389 e. The molecule has 1 aromatic heterocycles. The monoisotopic (exact) mass is 307 g/mol. The Bertz CT molecular complexity index is 522. The molecule has 0 amide bonds. The van der Waals surface area contributed by atoms with Gasteiger partial charge in [-0.1, -0.05) is 28.1 Å². The van der Waals surface area contributed by atoms with Crippen LogP contribution in [0.3, 0.4) is 0 Å². The topological polar surface area (TPSA) is 50.9 Å². The van der Waals surface area contributed by atoms with Crippen molar-refractivity contribution in [3.8, 4) is 0 Å². The molecule has 3 nitrogen and oxygen atoms in total. The molecule has 0 radical (unpaired) electrons. The number of benzene rings is 1. The molecule has 0 aliphatic heterocycles. The lowest BCUT2D eigenvalue weighted by Crippen LogP contribution is -2.09. The maximum Gasteiger partial charge on any atom is 0.130 e. The molecule has 0 aliphatic rings. The standard InChI is InChI=1S/C12H10BrN3S/c13-9-2-4-10(5-3-9)16-11-6-1-8(7-15-11)12(14)17/h1-7H,(H2,14,17)(H,15,16). The van der Waals surface area contributed by atoms with Crippen LogP contribution in [0.25, 0.3) is 0 Å². The fourth-order valence-electron chi connectivity index (χ4n) is 1.29. The largest absolute Gasteiger partial charge is 0.389 e. The van der Waals surface area contributed by atoms with Crippen molar-refractivity contribution in [3.05, 3.63) is 52.6 Å². The first-order valence-corrected chi connectivity index (χ1v) is 6.14. The molecule has 17 heavy (non-hydrogen) atoms. The van der Waals surface area contributed by atoms with Gasteiger partial charge in [0, 0.05) is 21.9 Å².